The number of rotatable bonds is 1. The first kappa shape index (κ1) is 10.4. The van der Waals surface area contributed by atoms with Gasteiger partial charge < -0.3 is 16.0 Å². The molecule has 1 saturated heterocycles. The van der Waals surface area contributed by atoms with E-state index in [1.807, 2.05) is 0 Å². The molecule has 2 aliphatic heterocycles. The smallest absolute Gasteiger partial charge is 0.192 e. The van der Waals surface area contributed by atoms with Crippen LogP contribution in [0.15, 0.2) is 4.99 Å². The zero-order valence-corrected chi connectivity index (χ0v) is 9.91. The molecule has 3 N–H and O–H groups in total. The molecule has 3 rings (SSSR count). The van der Waals surface area contributed by atoms with E-state index in [0.717, 1.165) is 25.6 Å². The fraction of sp³-hybridized carbons (Fsp3) is 0.917. The van der Waals surface area contributed by atoms with E-state index in [0.29, 0.717) is 6.04 Å². The molecule has 0 amide bonds. The van der Waals surface area contributed by atoms with E-state index >= 15 is 0 Å². The molecule has 0 aromatic carbocycles. The molecule has 3 aliphatic rings. The Balaban J connectivity index is 1.82. The fourth-order valence-electron chi connectivity index (χ4n) is 3.65. The van der Waals surface area contributed by atoms with Gasteiger partial charge in [0.05, 0.1) is 12.1 Å². The summed E-state index contributed by atoms with van der Waals surface area (Å²) in [7, 11) is 0. The summed E-state index contributed by atoms with van der Waals surface area (Å²) in [5, 5.41) is 3.44. The van der Waals surface area contributed by atoms with Crippen molar-refractivity contribution in [3.63, 3.8) is 0 Å². The number of hydrogen-bond acceptors (Lipinski definition) is 4. The van der Waals surface area contributed by atoms with Gasteiger partial charge >= 0.3 is 0 Å². The van der Waals surface area contributed by atoms with E-state index in [1.54, 1.807) is 0 Å². The topological polar surface area (TPSA) is 53.6 Å². The van der Waals surface area contributed by atoms with Crippen LogP contribution in [-0.2, 0) is 0 Å². The number of aliphatic imine (C=N–C) groups is 1. The van der Waals surface area contributed by atoms with Gasteiger partial charge in [-0.25, -0.2) is 0 Å². The van der Waals surface area contributed by atoms with E-state index in [2.05, 4.69) is 15.2 Å². The highest BCUT2D eigenvalue weighted by molar-refractivity contribution is 5.81. The van der Waals surface area contributed by atoms with Crippen molar-refractivity contribution in [1.29, 1.82) is 0 Å². The zero-order chi connectivity index (χ0) is 11.0. The second kappa shape index (κ2) is 3.91. The zero-order valence-electron chi connectivity index (χ0n) is 9.91. The molecule has 0 aromatic heterocycles. The van der Waals surface area contributed by atoms with Crippen molar-refractivity contribution >= 4 is 5.96 Å². The lowest BCUT2D eigenvalue weighted by atomic mass is 9.86. The standard InChI is InChI=1S/C12H22N4/c13-11-15-9-12(5-7-14-8-6-12)16(11)10-3-1-2-4-10/h10,14H,1-9H2,(H2,13,15). The van der Waals surface area contributed by atoms with Gasteiger partial charge in [0.15, 0.2) is 5.96 Å². The van der Waals surface area contributed by atoms with Crippen LogP contribution >= 0.6 is 0 Å². The van der Waals surface area contributed by atoms with E-state index in [4.69, 9.17) is 5.73 Å². The summed E-state index contributed by atoms with van der Waals surface area (Å²) in [4.78, 5) is 7.02. The number of nitrogens with zero attached hydrogens (tertiary/aromatic N) is 2. The summed E-state index contributed by atoms with van der Waals surface area (Å²) >= 11 is 0. The van der Waals surface area contributed by atoms with Gasteiger partial charge in [-0.3, -0.25) is 4.99 Å². The average molecular weight is 222 g/mol. The third-order valence-corrected chi connectivity index (χ3v) is 4.52. The molecule has 0 atom stereocenters. The van der Waals surface area contributed by atoms with Crippen molar-refractivity contribution in [2.24, 2.45) is 10.7 Å². The molecular formula is C12H22N4. The minimum Gasteiger partial charge on any atom is -0.370 e. The number of guanidine groups is 1. The molecule has 0 bridgehead atoms. The average Bonchev–Trinajstić information content (AvgIpc) is 2.90. The first-order valence-electron chi connectivity index (χ1n) is 6.62. The van der Waals surface area contributed by atoms with Gasteiger partial charge in [-0.15, -0.1) is 0 Å². The first-order chi connectivity index (χ1) is 7.82. The van der Waals surface area contributed by atoms with Crippen LogP contribution in [0.1, 0.15) is 38.5 Å². The van der Waals surface area contributed by atoms with Gasteiger partial charge in [0.2, 0.25) is 0 Å². The second-order valence-corrected chi connectivity index (χ2v) is 5.46. The van der Waals surface area contributed by atoms with Crippen LogP contribution in [0.3, 0.4) is 0 Å². The molecule has 4 heteroatoms. The SMILES string of the molecule is NC1=NCC2(CCNCC2)N1C1CCCC1. The van der Waals surface area contributed by atoms with Gasteiger partial charge in [0, 0.05) is 6.04 Å². The van der Waals surface area contributed by atoms with Crippen LogP contribution in [0.2, 0.25) is 0 Å². The quantitative estimate of drug-likeness (QED) is 0.686. The molecule has 16 heavy (non-hydrogen) atoms. The molecule has 4 nitrogen and oxygen atoms in total. The number of nitrogens with one attached hydrogen (secondary N) is 1. The predicted octanol–water partition coefficient (Wildman–Crippen LogP) is 0.681. The summed E-state index contributed by atoms with van der Waals surface area (Å²) in [6.07, 6.45) is 7.75. The van der Waals surface area contributed by atoms with E-state index in [9.17, 15) is 0 Å². The Kier molecular flexibility index (Phi) is 2.54. The summed E-state index contributed by atoms with van der Waals surface area (Å²) in [5.74, 6) is 0.814. The Labute approximate surface area is 97.3 Å². The third-order valence-electron chi connectivity index (χ3n) is 4.52. The van der Waals surface area contributed by atoms with Gasteiger partial charge in [-0.2, -0.15) is 0 Å². The molecule has 1 aliphatic carbocycles. The summed E-state index contributed by atoms with van der Waals surface area (Å²) < 4.78 is 0. The summed E-state index contributed by atoms with van der Waals surface area (Å²) in [5.41, 5.74) is 6.39. The number of nitrogens with two attached hydrogens (primary N) is 1. The monoisotopic (exact) mass is 222 g/mol. The Morgan fingerprint density at radius 3 is 2.62 bits per heavy atom. The number of hydrogen-bond donors (Lipinski definition) is 2. The van der Waals surface area contributed by atoms with E-state index < -0.39 is 0 Å². The predicted molar refractivity (Wildman–Crippen MR) is 65.4 cm³/mol. The van der Waals surface area contributed by atoms with Gasteiger partial charge in [-0.05, 0) is 38.8 Å². The maximum Gasteiger partial charge on any atom is 0.192 e. The van der Waals surface area contributed by atoms with Crippen molar-refractivity contribution in [2.45, 2.75) is 50.1 Å². The van der Waals surface area contributed by atoms with Gasteiger partial charge in [0.25, 0.3) is 0 Å². The van der Waals surface area contributed by atoms with Crippen molar-refractivity contribution in [1.82, 2.24) is 10.2 Å². The Morgan fingerprint density at radius 2 is 1.94 bits per heavy atom. The normalized spacial score (nSPS) is 30.0. The van der Waals surface area contributed by atoms with E-state index in [-0.39, 0.29) is 5.54 Å². The highest BCUT2D eigenvalue weighted by Crippen LogP contribution is 2.37. The van der Waals surface area contributed by atoms with Crippen molar-refractivity contribution in [3.05, 3.63) is 0 Å². The lowest BCUT2D eigenvalue weighted by Crippen LogP contribution is -2.59. The maximum atomic E-state index is 6.12. The Morgan fingerprint density at radius 1 is 1.25 bits per heavy atom. The molecule has 0 unspecified atom stereocenters. The molecular weight excluding hydrogens is 200 g/mol. The van der Waals surface area contributed by atoms with Crippen molar-refractivity contribution in [3.8, 4) is 0 Å². The van der Waals surface area contributed by atoms with Crippen LogP contribution in [0.5, 0.6) is 0 Å². The molecule has 2 heterocycles. The van der Waals surface area contributed by atoms with Crippen molar-refractivity contribution in [2.75, 3.05) is 19.6 Å². The van der Waals surface area contributed by atoms with Crippen LogP contribution in [-0.4, -0.2) is 42.1 Å². The molecule has 90 valence electrons. The first-order valence-corrected chi connectivity index (χ1v) is 6.62. The molecule has 1 saturated carbocycles. The minimum atomic E-state index is 0.268. The molecule has 2 fully saturated rings. The van der Waals surface area contributed by atoms with Crippen LogP contribution in [0.4, 0.5) is 0 Å². The lowest BCUT2D eigenvalue weighted by Gasteiger charge is -2.45. The molecule has 1 spiro atoms. The number of piperidine rings is 1. The Hall–Kier alpha value is -0.770. The molecule has 0 aromatic rings. The second-order valence-electron chi connectivity index (χ2n) is 5.46. The van der Waals surface area contributed by atoms with Gasteiger partial charge in [0.1, 0.15) is 0 Å². The minimum absolute atomic E-state index is 0.268. The third kappa shape index (κ3) is 1.51. The highest BCUT2D eigenvalue weighted by atomic mass is 15.4. The largest absolute Gasteiger partial charge is 0.370 e. The maximum absolute atomic E-state index is 6.12. The lowest BCUT2D eigenvalue weighted by molar-refractivity contribution is 0.111. The fourth-order valence-corrected chi connectivity index (χ4v) is 3.65. The van der Waals surface area contributed by atoms with Gasteiger partial charge in [-0.1, -0.05) is 12.8 Å². The summed E-state index contributed by atoms with van der Waals surface area (Å²) in [6, 6.07) is 0.671. The molecule has 0 radical (unpaired) electrons. The van der Waals surface area contributed by atoms with Crippen molar-refractivity contribution < 1.29 is 0 Å². The summed E-state index contributed by atoms with van der Waals surface area (Å²) in [6.45, 7) is 3.16. The van der Waals surface area contributed by atoms with Crippen LogP contribution < -0.4 is 11.1 Å². The van der Waals surface area contributed by atoms with Crippen LogP contribution in [0, 0.1) is 0 Å². The Bertz CT molecular complexity index is 287. The highest BCUT2D eigenvalue weighted by Gasteiger charge is 2.46. The van der Waals surface area contributed by atoms with Crippen LogP contribution in [0.25, 0.3) is 0 Å². The van der Waals surface area contributed by atoms with E-state index in [1.165, 1.54) is 38.5 Å².